The summed E-state index contributed by atoms with van der Waals surface area (Å²) in [5.41, 5.74) is 1.14. The summed E-state index contributed by atoms with van der Waals surface area (Å²) < 4.78 is 23.7. The number of carbonyl (C=O) groups excluding carboxylic acids is 2. The predicted octanol–water partition coefficient (Wildman–Crippen LogP) is 6.26. The molecule has 0 saturated heterocycles. The van der Waals surface area contributed by atoms with Crippen LogP contribution in [0.3, 0.4) is 0 Å². The van der Waals surface area contributed by atoms with Crippen LogP contribution in [0.2, 0.25) is 0 Å². The van der Waals surface area contributed by atoms with E-state index < -0.39 is 23.5 Å². The monoisotopic (exact) mass is 534 g/mol. The summed E-state index contributed by atoms with van der Waals surface area (Å²) in [6.07, 6.45) is -0.335. The highest BCUT2D eigenvalue weighted by atomic mass is 79.9. The van der Waals surface area contributed by atoms with Gasteiger partial charge in [-0.1, -0.05) is 13.8 Å². The van der Waals surface area contributed by atoms with Gasteiger partial charge in [0.05, 0.1) is 23.1 Å². The second-order valence-corrected chi connectivity index (χ2v) is 10.6. The average molecular weight is 535 g/mol. The fraction of sp³-hybridized carbons (Fsp3) is 0.462. The topological polar surface area (TPSA) is 91.3 Å². The van der Waals surface area contributed by atoms with Gasteiger partial charge in [0.1, 0.15) is 23.7 Å². The Morgan fingerprint density at radius 3 is 2.50 bits per heavy atom. The van der Waals surface area contributed by atoms with Gasteiger partial charge in [0.25, 0.3) is 0 Å². The first-order valence-electron chi connectivity index (χ1n) is 11.1. The predicted molar refractivity (Wildman–Crippen MR) is 131 cm³/mol. The van der Waals surface area contributed by atoms with Crippen LogP contribution >= 0.6 is 15.9 Å². The van der Waals surface area contributed by atoms with E-state index >= 15 is 0 Å². The third kappa shape index (κ3) is 5.23. The molecule has 7 nitrogen and oxygen atoms in total. The number of fused-ring (bicyclic) bond motifs is 2. The van der Waals surface area contributed by atoms with Gasteiger partial charge < -0.3 is 24.1 Å². The molecular weight excluding hydrogens is 504 g/mol. The molecule has 3 rings (SSSR count). The summed E-state index contributed by atoms with van der Waals surface area (Å²) in [5, 5.41) is 10.7. The lowest BCUT2D eigenvalue weighted by Gasteiger charge is -2.25. The quantitative estimate of drug-likeness (QED) is 0.357. The highest BCUT2D eigenvalue weighted by Crippen LogP contribution is 2.48. The molecule has 0 saturated carbocycles. The first-order valence-corrected chi connectivity index (χ1v) is 11.9. The number of aryl methyl sites for hydroxylation is 1. The first-order chi connectivity index (χ1) is 15.8. The van der Waals surface area contributed by atoms with Crippen molar-refractivity contribution in [3.05, 3.63) is 44.9 Å². The summed E-state index contributed by atoms with van der Waals surface area (Å²) in [4.78, 5) is 25.7. The third-order valence-corrected chi connectivity index (χ3v) is 6.41. The Bertz CT molecular complexity index is 1120. The minimum absolute atomic E-state index is 0.0678. The SMILES string of the molecule is COc1c([C@@H](O)CC(C)C)ccc2c1C(=O)OCc1cc(C)c(Br)c(OC(=O)C(C)(C)C)c1O2. The molecule has 0 fully saturated rings. The molecule has 1 N–H and O–H groups in total. The number of ether oxygens (including phenoxy) is 4. The Labute approximate surface area is 208 Å². The molecule has 2 aromatic rings. The molecule has 0 bridgehead atoms. The number of hydrogen-bond acceptors (Lipinski definition) is 7. The zero-order chi connectivity index (χ0) is 25.4. The summed E-state index contributed by atoms with van der Waals surface area (Å²) in [7, 11) is 1.43. The lowest BCUT2D eigenvalue weighted by Crippen LogP contribution is -2.26. The van der Waals surface area contributed by atoms with Crippen molar-refractivity contribution in [3.63, 3.8) is 0 Å². The van der Waals surface area contributed by atoms with Crippen molar-refractivity contribution in [2.24, 2.45) is 11.3 Å². The Hall–Kier alpha value is -2.58. The van der Waals surface area contributed by atoms with Crippen molar-refractivity contribution in [3.8, 4) is 23.0 Å². The standard InChI is InChI=1S/C26H31BrO7/c1-13(2)10-17(28)16-8-9-18-19(22(16)31-7)24(29)32-12-15-11-14(3)20(27)23(21(15)33-18)34-25(30)26(4,5)6/h8-9,11,13,17,28H,10,12H2,1-7H3/t17-/m0/s1. The van der Waals surface area contributed by atoms with Crippen molar-refractivity contribution in [1.29, 1.82) is 0 Å². The van der Waals surface area contributed by atoms with E-state index in [1.807, 2.05) is 26.8 Å². The molecule has 1 atom stereocenters. The molecule has 0 radical (unpaired) electrons. The number of benzene rings is 2. The largest absolute Gasteiger partial charge is 0.495 e. The zero-order valence-electron chi connectivity index (χ0n) is 20.6. The fourth-order valence-electron chi connectivity index (χ4n) is 3.61. The lowest BCUT2D eigenvalue weighted by atomic mass is 9.96. The number of cyclic esters (lactones) is 1. The van der Waals surface area contributed by atoms with Gasteiger partial charge >= 0.3 is 11.9 Å². The van der Waals surface area contributed by atoms with Gasteiger partial charge in [-0.15, -0.1) is 0 Å². The highest BCUT2D eigenvalue weighted by Gasteiger charge is 2.33. The number of methoxy groups -OCH3 is 1. The van der Waals surface area contributed by atoms with E-state index in [2.05, 4.69) is 15.9 Å². The second kappa shape index (κ2) is 9.96. The molecule has 1 aliphatic heterocycles. The minimum atomic E-state index is -0.828. The molecule has 0 aromatic heterocycles. The van der Waals surface area contributed by atoms with Crippen LogP contribution in [-0.2, 0) is 16.1 Å². The average Bonchev–Trinajstić information content (AvgIpc) is 2.74. The molecular formula is C26H31BrO7. The fourth-order valence-corrected chi connectivity index (χ4v) is 3.99. The number of rotatable bonds is 5. The van der Waals surface area contributed by atoms with Gasteiger partial charge in [0.15, 0.2) is 11.5 Å². The van der Waals surface area contributed by atoms with Crippen LogP contribution in [0, 0.1) is 18.3 Å². The maximum absolute atomic E-state index is 13.0. The molecule has 0 aliphatic carbocycles. The Kier molecular flexibility index (Phi) is 7.62. The Balaban J connectivity index is 2.18. The van der Waals surface area contributed by atoms with Gasteiger partial charge in [-0.05, 0) is 79.7 Å². The van der Waals surface area contributed by atoms with Gasteiger partial charge in [0.2, 0.25) is 0 Å². The van der Waals surface area contributed by atoms with E-state index in [-0.39, 0.29) is 41.1 Å². The molecule has 1 aliphatic rings. The summed E-state index contributed by atoms with van der Waals surface area (Å²) in [6, 6.07) is 5.07. The van der Waals surface area contributed by atoms with Crippen molar-refractivity contribution in [2.75, 3.05) is 7.11 Å². The normalized spacial score (nSPS) is 14.2. The molecule has 1 heterocycles. The number of halogens is 1. The molecule has 2 aromatic carbocycles. The minimum Gasteiger partial charge on any atom is -0.495 e. The number of esters is 2. The second-order valence-electron chi connectivity index (χ2n) is 9.85. The van der Waals surface area contributed by atoms with Gasteiger partial charge in [-0.25, -0.2) is 4.79 Å². The number of aliphatic hydroxyl groups is 1. The smallest absolute Gasteiger partial charge is 0.346 e. The Morgan fingerprint density at radius 2 is 1.91 bits per heavy atom. The van der Waals surface area contributed by atoms with Crippen LogP contribution in [0.4, 0.5) is 0 Å². The Morgan fingerprint density at radius 1 is 1.24 bits per heavy atom. The van der Waals surface area contributed by atoms with E-state index in [0.717, 1.165) is 5.56 Å². The first kappa shape index (κ1) is 26.0. The van der Waals surface area contributed by atoms with E-state index in [0.29, 0.717) is 22.0 Å². The van der Waals surface area contributed by atoms with Gasteiger partial charge in [-0.2, -0.15) is 0 Å². The van der Waals surface area contributed by atoms with Gasteiger partial charge in [0, 0.05) is 11.1 Å². The summed E-state index contributed by atoms with van der Waals surface area (Å²) in [6.45, 7) is 11.0. The summed E-state index contributed by atoms with van der Waals surface area (Å²) in [5.74, 6) is 0.00431. The van der Waals surface area contributed by atoms with E-state index in [4.69, 9.17) is 18.9 Å². The van der Waals surface area contributed by atoms with Crippen LogP contribution in [0.1, 0.15) is 74.2 Å². The van der Waals surface area contributed by atoms with Crippen molar-refractivity contribution in [1.82, 2.24) is 0 Å². The molecule has 0 spiro atoms. The van der Waals surface area contributed by atoms with E-state index in [9.17, 15) is 14.7 Å². The van der Waals surface area contributed by atoms with Crippen molar-refractivity contribution in [2.45, 2.75) is 60.7 Å². The molecule has 184 valence electrons. The van der Waals surface area contributed by atoms with Crippen LogP contribution in [0.5, 0.6) is 23.0 Å². The third-order valence-electron chi connectivity index (χ3n) is 5.42. The molecule has 8 heteroatoms. The molecule has 0 amide bonds. The van der Waals surface area contributed by atoms with Gasteiger partial charge in [-0.3, -0.25) is 4.79 Å². The number of aliphatic hydroxyl groups excluding tert-OH is 1. The maximum Gasteiger partial charge on any atom is 0.346 e. The molecule has 0 unspecified atom stereocenters. The number of carbonyl (C=O) groups is 2. The van der Waals surface area contributed by atoms with E-state index in [1.165, 1.54) is 7.11 Å². The molecule has 34 heavy (non-hydrogen) atoms. The van der Waals surface area contributed by atoms with Crippen LogP contribution < -0.4 is 14.2 Å². The maximum atomic E-state index is 13.0. The summed E-state index contributed by atoms with van der Waals surface area (Å²) >= 11 is 3.51. The van der Waals surface area contributed by atoms with Crippen LogP contribution in [-0.4, -0.2) is 24.2 Å². The van der Waals surface area contributed by atoms with E-state index in [1.54, 1.807) is 32.9 Å². The van der Waals surface area contributed by atoms with Crippen LogP contribution in [0.15, 0.2) is 22.7 Å². The van der Waals surface area contributed by atoms with Crippen molar-refractivity contribution < 1.29 is 33.6 Å². The number of hydrogen-bond donors (Lipinski definition) is 1. The van der Waals surface area contributed by atoms with Crippen molar-refractivity contribution >= 4 is 27.9 Å². The zero-order valence-corrected chi connectivity index (χ0v) is 22.2. The highest BCUT2D eigenvalue weighted by molar-refractivity contribution is 9.10. The lowest BCUT2D eigenvalue weighted by molar-refractivity contribution is -0.143. The van der Waals surface area contributed by atoms with Crippen LogP contribution in [0.25, 0.3) is 0 Å².